The van der Waals surface area contributed by atoms with Gasteiger partial charge in [-0.15, -0.1) is 0 Å². The van der Waals surface area contributed by atoms with Gasteiger partial charge in [-0.25, -0.2) is 4.31 Å². The summed E-state index contributed by atoms with van der Waals surface area (Å²) in [6.45, 7) is 0. The molecule has 5 nitrogen and oxygen atoms in total. The maximum absolute atomic E-state index is 12.7. The van der Waals surface area contributed by atoms with Gasteiger partial charge in [0.1, 0.15) is 11.5 Å². The summed E-state index contributed by atoms with van der Waals surface area (Å²) in [6, 6.07) is 22.1. The third-order valence-electron chi connectivity index (χ3n) is 4.83. The van der Waals surface area contributed by atoms with E-state index in [2.05, 4.69) is 0 Å². The van der Waals surface area contributed by atoms with Crippen molar-refractivity contribution in [1.82, 2.24) is 4.31 Å². The number of methoxy groups -OCH3 is 2. The lowest BCUT2D eigenvalue weighted by Gasteiger charge is -2.13. The van der Waals surface area contributed by atoms with E-state index in [0.717, 1.165) is 40.1 Å². The van der Waals surface area contributed by atoms with Crippen LogP contribution in [-0.2, 0) is 0 Å². The van der Waals surface area contributed by atoms with Crippen LogP contribution in [0.4, 0.5) is 0 Å². The number of hydrogen-bond donors (Lipinski definition) is 0. The van der Waals surface area contributed by atoms with Crippen molar-refractivity contribution < 1.29 is 19.1 Å². The Morgan fingerprint density at radius 2 is 1.17 bits per heavy atom. The monoisotopic (exact) mass is 417 g/mol. The van der Waals surface area contributed by atoms with E-state index in [-0.39, 0.29) is 11.8 Å². The lowest BCUT2D eigenvalue weighted by atomic mass is 9.99. The highest BCUT2D eigenvalue weighted by atomic mass is 32.2. The summed E-state index contributed by atoms with van der Waals surface area (Å²) >= 11 is 1.08. The van der Waals surface area contributed by atoms with Crippen molar-refractivity contribution in [2.24, 2.45) is 0 Å². The van der Waals surface area contributed by atoms with E-state index in [1.807, 2.05) is 53.9 Å². The Labute approximate surface area is 179 Å². The van der Waals surface area contributed by atoms with Gasteiger partial charge in [-0.05, 0) is 65.0 Å². The molecule has 2 amide bonds. The molecule has 0 bridgehead atoms. The summed E-state index contributed by atoms with van der Waals surface area (Å²) in [7, 11) is 3.24. The van der Waals surface area contributed by atoms with Crippen LogP contribution in [0.3, 0.4) is 0 Å². The Morgan fingerprint density at radius 1 is 0.733 bits per heavy atom. The lowest BCUT2D eigenvalue weighted by molar-refractivity contribution is 0.0778. The smallest absolute Gasteiger partial charge is 0.272 e. The number of benzene rings is 3. The quantitative estimate of drug-likeness (QED) is 0.416. The average Bonchev–Trinajstić information content (AvgIpc) is 3.05. The molecule has 150 valence electrons. The Kier molecular flexibility index (Phi) is 5.59. The number of ether oxygens (including phenoxy) is 2. The van der Waals surface area contributed by atoms with E-state index in [9.17, 15) is 9.59 Å². The van der Waals surface area contributed by atoms with Gasteiger partial charge in [0, 0.05) is 5.41 Å². The highest BCUT2D eigenvalue weighted by Crippen LogP contribution is 2.34. The van der Waals surface area contributed by atoms with Gasteiger partial charge >= 0.3 is 0 Å². The molecule has 1 heterocycles. The average molecular weight is 417 g/mol. The number of imide groups is 1. The molecule has 1 aliphatic heterocycles. The number of hydrogen-bond acceptors (Lipinski definition) is 5. The maximum atomic E-state index is 12.7. The van der Waals surface area contributed by atoms with Gasteiger partial charge < -0.3 is 9.47 Å². The number of nitrogens with zero attached hydrogens (tertiary/aromatic N) is 1. The Bertz CT molecular complexity index is 1040. The number of fused-ring (bicyclic) bond motifs is 1. The minimum Gasteiger partial charge on any atom is -0.497 e. The van der Waals surface area contributed by atoms with Gasteiger partial charge in [-0.1, -0.05) is 36.4 Å². The summed E-state index contributed by atoms with van der Waals surface area (Å²) in [6.07, 6.45) is 0. The standard InChI is InChI=1S/C24H19NO4S/c1-28-18-11-7-16(8-12-18)22(17-9-13-19(29-2)14-10-17)15-30-25-23(26)20-5-3-4-6-21(20)24(25)27/h3-15H,1-2H3. The van der Waals surface area contributed by atoms with E-state index >= 15 is 0 Å². The van der Waals surface area contributed by atoms with Crippen LogP contribution in [0, 0.1) is 0 Å². The topological polar surface area (TPSA) is 55.8 Å². The molecule has 4 rings (SSSR count). The number of rotatable bonds is 6. The molecule has 0 radical (unpaired) electrons. The highest BCUT2D eigenvalue weighted by Gasteiger charge is 2.35. The summed E-state index contributed by atoms with van der Waals surface area (Å²) in [5.41, 5.74) is 3.61. The van der Waals surface area contributed by atoms with E-state index in [4.69, 9.17) is 9.47 Å². The van der Waals surface area contributed by atoms with E-state index in [1.54, 1.807) is 38.5 Å². The highest BCUT2D eigenvalue weighted by molar-refractivity contribution is 8.01. The molecular formula is C24H19NO4S. The van der Waals surface area contributed by atoms with Crippen molar-refractivity contribution >= 4 is 29.3 Å². The zero-order chi connectivity index (χ0) is 21.1. The summed E-state index contributed by atoms with van der Waals surface area (Å²) < 4.78 is 11.7. The fourth-order valence-electron chi connectivity index (χ4n) is 3.21. The van der Waals surface area contributed by atoms with E-state index < -0.39 is 0 Å². The van der Waals surface area contributed by atoms with Crippen LogP contribution in [0.15, 0.2) is 78.2 Å². The predicted octanol–water partition coefficient (Wildman–Crippen LogP) is 5.04. The first-order valence-electron chi connectivity index (χ1n) is 9.26. The molecule has 0 atom stereocenters. The summed E-state index contributed by atoms with van der Waals surface area (Å²) in [4.78, 5) is 25.4. The number of carbonyl (C=O) groups excluding carboxylic acids is 2. The van der Waals surface area contributed by atoms with Gasteiger partial charge in [0.25, 0.3) is 11.8 Å². The number of carbonyl (C=O) groups is 2. The van der Waals surface area contributed by atoms with Crippen LogP contribution < -0.4 is 9.47 Å². The van der Waals surface area contributed by atoms with Crippen molar-refractivity contribution in [3.8, 4) is 11.5 Å². The SMILES string of the molecule is COc1ccc(C(=CSN2C(=O)c3ccccc3C2=O)c2ccc(OC)cc2)cc1. The molecule has 6 heteroatoms. The molecule has 0 saturated heterocycles. The largest absolute Gasteiger partial charge is 0.497 e. The Hall–Kier alpha value is -3.51. The van der Waals surface area contributed by atoms with Crippen molar-refractivity contribution in [1.29, 1.82) is 0 Å². The van der Waals surface area contributed by atoms with Crippen LogP contribution in [0.25, 0.3) is 5.57 Å². The molecular weight excluding hydrogens is 398 g/mol. The van der Waals surface area contributed by atoms with Gasteiger partial charge in [0.15, 0.2) is 0 Å². The third-order valence-corrected chi connectivity index (χ3v) is 5.72. The first-order valence-corrected chi connectivity index (χ1v) is 10.1. The summed E-state index contributed by atoms with van der Waals surface area (Å²) in [5, 5.41) is 1.82. The first kappa shape index (κ1) is 19.8. The fraction of sp³-hybridized carbons (Fsp3) is 0.0833. The van der Waals surface area contributed by atoms with Crippen LogP contribution in [0.1, 0.15) is 31.8 Å². The number of amides is 2. The van der Waals surface area contributed by atoms with Crippen molar-refractivity contribution in [2.45, 2.75) is 0 Å². The van der Waals surface area contributed by atoms with Crippen LogP contribution in [-0.4, -0.2) is 30.3 Å². The maximum Gasteiger partial charge on any atom is 0.272 e. The second kappa shape index (κ2) is 8.47. The second-order valence-electron chi connectivity index (χ2n) is 6.54. The predicted molar refractivity (Wildman–Crippen MR) is 118 cm³/mol. The van der Waals surface area contributed by atoms with Crippen LogP contribution in [0.2, 0.25) is 0 Å². The van der Waals surface area contributed by atoms with E-state index in [0.29, 0.717) is 11.1 Å². The molecule has 0 unspecified atom stereocenters. The molecule has 0 aliphatic carbocycles. The zero-order valence-corrected chi connectivity index (χ0v) is 17.3. The van der Waals surface area contributed by atoms with Gasteiger partial charge in [0.05, 0.1) is 25.3 Å². The summed E-state index contributed by atoms with van der Waals surface area (Å²) in [5.74, 6) is 0.892. The molecule has 0 N–H and O–H groups in total. The first-order chi connectivity index (χ1) is 14.6. The normalized spacial score (nSPS) is 12.5. The van der Waals surface area contributed by atoms with Gasteiger partial charge in [-0.2, -0.15) is 0 Å². The van der Waals surface area contributed by atoms with Gasteiger partial charge in [-0.3, -0.25) is 9.59 Å². The molecule has 0 fully saturated rings. The Balaban J connectivity index is 1.69. The third kappa shape index (κ3) is 3.69. The second-order valence-corrected chi connectivity index (χ2v) is 7.36. The zero-order valence-electron chi connectivity index (χ0n) is 16.5. The molecule has 0 saturated carbocycles. The fourth-order valence-corrected chi connectivity index (χ4v) is 4.08. The van der Waals surface area contributed by atoms with Crippen molar-refractivity contribution in [2.75, 3.05) is 14.2 Å². The molecule has 1 aliphatic rings. The Morgan fingerprint density at radius 3 is 1.57 bits per heavy atom. The molecule has 30 heavy (non-hydrogen) atoms. The van der Waals surface area contributed by atoms with Crippen molar-refractivity contribution in [3.05, 3.63) is 100 Å². The molecule has 0 aromatic heterocycles. The van der Waals surface area contributed by atoms with Crippen molar-refractivity contribution in [3.63, 3.8) is 0 Å². The molecule has 0 spiro atoms. The van der Waals surface area contributed by atoms with Crippen LogP contribution >= 0.6 is 11.9 Å². The lowest BCUT2D eigenvalue weighted by Crippen LogP contribution is -2.21. The molecule has 3 aromatic rings. The minimum atomic E-state index is -0.305. The van der Waals surface area contributed by atoms with Crippen LogP contribution in [0.5, 0.6) is 11.5 Å². The minimum absolute atomic E-state index is 0.305. The molecule has 3 aromatic carbocycles. The van der Waals surface area contributed by atoms with E-state index in [1.165, 1.54) is 4.31 Å². The van der Waals surface area contributed by atoms with Gasteiger partial charge in [0.2, 0.25) is 0 Å².